The highest BCUT2D eigenvalue weighted by molar-refractivity contribution is 7.99. The van der Waals surface area contributed by atoms with Crippen LogP contribution in [0.25, 0.3) is 11.4 Å². The van der Waals surface area contributed by atoms with Crippen LogP contribution >= 0.6 is 23.4 Å². The molecule has 10 heteroatoms. The van der Waals surface area contributed by atoms with Crippen molar-refractivity contribution in [3.8, 4) is 22.9 Å². The number of hydrogen-bond donors (Lipinski definition) is 1. The van der Waals surface area contributed by atoms with Crippen LogP contribution in [0.5, 0.6) is 11.5 Å². The topological polar surface area (TPSA) is 91.4 Å². The predicted molar refractivity (Wildman–Crippen MR) is 120 cm³/mol. The van der Waals surface area contributed by atoms with Crippen LogP contribution in [0.1, 0.15) is 5.76 Å². The van der Waals surface area contributed by atoms with Gasteiger partial charge in [-0.15, -0.1) is 10.2 Å². The van der Waals surface area contributed by atoms with Gasteiger partial charge in [-0.1, -0.05) is 23.4 Å². The average molecular weight is 469 g/mol. The first-order valence-corrected chi connectivity index (χ1v) is 11.1. The third-order valence-electron chi connectivity index (χ3n) is 4.70. The van der Waals surface area contributed by atoms with E-state index in [-0.39, 0.29) is 18.5 Å². The number of rotatable bonds is 7. The second-order valence-electron chi connectivity index (χ2n) is 6.88. The number of amides is 1. The van der Waals surface area contributed by atoms with Gasteiger partial charge < -0.3 is 19.2 Å². The molecule has 0 saturated heterocycles. The molecule has 0 saturated carbocycles. The number of halogens is 1. The second kappa shape index (κ2) is 8.97. The summed E-state index contributed by atoms with van der Waals surface area (Å²) in [6, 6.07) is 16.3. The number of anilines is 1. The SMILES string of the molecule is O=C(CSc1nnc(-c2ccc(Cl)cc2)n1Cc1ccco1)Nc1ccc2c(c1)OCO2. The van der Waals surface area contributed by atoms with E-state index >= 15 is 0 Å². The zero-order valence-corrected chi connectivity index (χ0v) is 18.2. The molecular formula is C22H17ClN4O4S. The molecule has 5 rings (SSSR count). The molecule has 0 unspecified atom stereocenters. The van der Waals surface area contributed by atoms with E-state index in [0.717, 1.165) is 11.3 Å². The molecule has 1 aliphatic heterocycles. The monoisotopic (exact) mass is 468 g/mol. The summed E-state index contributed by atoms with van der Waals surface area (Å²) < 4.78 is 18.1. The van der Waals surface area contributed by atoms with Crippen LogP contribution in [0.3, 0.4) is 0 Å². The van der Waals surface area contributed by atoms with E-state index in [1.165, 1.54) is 11.8 Å². The van der Waals surface area contributed by atoms with E-state index in [1.807, 2.05) is 28.8 Å². The second-order valence-corrected chi connectivity index (χ2v) is 8.26. The number of benzene rings is 2. The normalized spacial score (nSPS) is 12.2. The summed E-state index contributed by atoms with van der Waals surface area (Å²) in [6.45, 7) is 0.619. The Kier molecular flexibility index (Phi) is 5.74. The molecule has 0 aliphatic carbocycles. The fraction of sp³-hybridized carbons (Fsp3) is 0.136. The van der Waals surface area contributed by atoms with Crippen LogP contribution in [-0.4, -0.2) is 33.2 Å². The fourth-order valence-electron chi connectivity index (χ4n) is 3.21. The Balaban J connectivity index is 1.32. The molecule has 1 amide bonds. The van der Waals surface area contributed by atoms with E-state index < -0.39 is 0 Å². The number of hydrogen-bond acceptors (Lipinski definition) is 7. The number of thioether (sulfide) groups is 1. The summed E-state index contributed by atoms with van der Waals surface area (Å²) in [5.41, 5.74) is 1.50. The van der Waals surface area contributed by atoms with Crippen molar-refractivity contribution in [1.29, 1.82) is 0 Å². The van der Waals surface area contributed by atoms with Gasteiger partial charge in [0, 0.05) is 22.3 Å². The minimum Gasteiger partial charge on any atom is -0.467 e. The van der Waals surface area contributed by atoms with E-state index in [2.05, 4.69) is 15.5 Å². The molecule has 0 fully saturated rings. The van der Waals surface area contributed by atoms with Crippen molar-refractivity contribution in [3.63, 3.8) is 0 Å². The predicted octanol–water partition coefficient (Wildman–Crippen LogP) is 4.70. The van der Waals surface area contributed by atoms with E-state index in [0.29, 0.717) is 39.7 Å². The highest BCUT2D eigenvalue weighted by Gasteiger charge is 2.18. The lowest BCUT2D eigenvalue weighted by molar-refractivity contribution is -0.113. The van der Waals surface area contributed by atoms with Gasteiger partial charge in [0.1, 0.15) is 5.76 Å². The van der Waals surface area contributed by atoms with Crippen molar-refractivity contribution in [2.45, 2.75) is 11.7 Å². The molecule has 2 aromatic heterocycles. The molecule has 0 radical (unpaired) electrons. The van der Waals surface area contributed by atoms with Gasteiger partial charge >= 0.3 is 0 Å². The highest BCUT2D eigenvalue weighted by Crippen LogP contribution is 2.34. The van der Waals surface area contributed by atoms with E-state index in [9.17, 15) is 4.79 Å². The zero-order chi connectivity index (χ0) is 21.9. The fourth-order valence-corrected chi connectivity index (χ4v) is 4.07. The van der Waals surface area contributed by atoms with Crippen molar-refractivity contribution in [2.24, 2.45) is 0 Å². The molecule has 0 spiro atoms. The molecule has 8 nitrogen and oxygen atoms in total. The maximum absolute atomic E-state index is 12.5. The molecule has 1 aliphatic rings. The molecule has 162 valence electrons. The van der Waals surface area contributed by atoms with Crippen molar-refractivity contribution in [1.82, 2.24) is 14.8 Å². The van der Waals surface area contributed by atoms with Gasteiger partial charge in [0.15, 0.2) is 22.5 Å². The van der Waals surface area contributed by atoms with E-state index in [1.54, 1.807) is 36.6 Å². The van der Waals surface area contributed by atoms with Gasteiger partial charge in [-0.3, -0.25) is 9.36 Å². The summed E-state index contributed by atoms with van der Waals surface area (Å²) in [4.78, 5) is 12.5. The summed E-state index contributed by atoms with van der Waals surface area (Å²) in [5, 5.41) is 12.8. The van der Waals surface area contributed by atoms with Crippen LogP contribution < -0.4 is 14.8 Å². The van der Waals surface area contributed by atoms with Crippen LogP contribution in [-0.2, 0) is 11.3 Å². The van der Waals surface area contributed by atoms with Gasteiger partial charge in [0.25, 0.3) is 0 Å². The lowest BCUT2D eigenvalue weighted by Gasteiger charge is -2.09. The molecule has 3 heterocycles. The Labute approximate surface area is 192 Å². The number of nitrogens with zero attached hydrogens (tertiary/aromatic N) is 3. The molecule has 4 aromatic rings. The smallest absolute Gasteiger partial charge is 0.234 e. The maximum atomic E-state index is 12.5. The zero-order valence-electron chi connectivity index (χ0n) is 16.7. The summed E-state index contributed by atoms with van der Waals surface area (Å²) in [5.74, 6) is 2.68. The first-order valence-electron chi connectivity index (χ1n) is 9.69. The number of furan rings is 1. The Morgan fingerprint density at radius 1 is 1.09 bits per heavy atom. The summed E-state index contributed by atoms with van der Waals surface area (Å²) in [7, 11) is 0. The number of carbonyl (C=O) groups excluding carboxylic acids is 1. The summed E-state index contributed by atoms with van der Waals surface area (Å²) in [6.07, 6.45) is 1.62. The van der Waals surface area contributed by atoms with E-state index in [4.69, 9.17) is 25.5 Å². The lowest BCUT2D eigenvalue weighted by atomic mass is 10.2. The summed E-state index contributed by atoms with van der Waals surface area (Å²) >= 11 is 7.31. The van der Waals surface area contributed by atoms with Crippen molar-refractivity contribution in [2.75, 3.05) is 17.9 Å². The Bertz CT molecular complexity index is 1240. The lowest BCUT2D eigenvalue weighted by Crippen LogP contribution is -2.14. The first-order chi connectivity index (χ1) is 15.7. The van der Waals surface area contributed by atoms with Crippen molar-refractivity contribution in [3.05, 3.63) is 71.6 Å². The Hall–Kier alpha value is -3.43. The van der Waals surface area contributed by atoms with Crippen molar-refractivity contribution < 1.29 is 18.7 Å². The minimum atomic E-state index is -0.172. The molecule has 2 aromatic carbocycles. The molecule has 0 atom stereocenters. The molecule has 1 N–H and O–H groups in total. The molecular weight excluding hydrogens is 452 g/mol. The molecule has 32 heavy (non-hydrogen) atoms. The van der Waals surface area contributed by atoms with Crippen LogP contribution in [0.2, 0.25) is 5.02 Å². The van der Waals surface area contributed by atoms with Gasteiger partial charge in [-0.25, -0.2) is 0 Å². The van der Waals surface area contributed by atoms with Gasteiger partial charge in [-0.2, -0.15) is 0 Å². The van der Waals surface area contributed by atoms with Crippen LogP contribution in [0.15, 0.2) is 70.4 Å². The quantitative estimate of drug-likeness (QED) is 0.393. The Morgan fingerprint density at radius 2 is 1.94 bits per heavy atom. The average Bonchev–Trinajstić information content (AvgIpc) is 3.54. The number of carbonyl (C=O) groups is 1. The van der Waals surface area contributed by atoms with Crippen LogP contribution in [0, 0.1) is 0 Å². The number of fused-ring (bicyclic) bond motifs is 1. The molecule has 0 bridgehead atoms. The van der Waals surface area contributed by atoms with Gasteiger partial charge in [0.05, 0.1) is 18.6 Å². The minimum absolute atomic E-state index is 0.158. The first kappa shape index (κ1) is 20.5. The van der Waals surface area contributed by atoms with Gasteiger partial charge in [-0.05, 0) is 48.5 Å². The standard InChI is InChI=1S/C22H17ClN4O4S/c23-15-5-3-14(4-6-15)21-25-26-22(27(21)11-17-2-1-9-29-17)32-12-20(28)24-16-7-8-18-19(10-16)31-13-30-18/h1-10H,11-13H2,(H,24,28). The third-order valence-corrected chi connectivity index (χ3v) is 5.92. The largest absolute Gasteiger partial charge is 0.467 e. The van der Waals surface area contributed by atoms with Gasteiger partial charge in [0.2, 0.25) is 12.7 Å². The van der Waals surface area contributed by atoms with Crippen molar-refractivity contribution >= 4 is 35.0 Å². The number of nitrogens with one attached hydrogen (secondary N) is 1. The van der Waals surface area contributed by atoms with Crippen LogP contribution in [0.4, 0.5) is 5.69 Å². The maximum Gasteiger partial charge on any atom is 0.234 e. The number of ether oxygens (including phenoxy) is 2. The number of aromatic nitrogens is 3. The highest BCUT2D eigenvalue weighted by atomic mass is 35.5. The Morgan fingerprint density at radius 3 is 2.75 bits per heavy atom. The third kappa shape index (κ3) is 4.44.